The van der Waals surface area contributed by atoms with Crippen molar-refractivity contribution in [1.82, 2.24) is 29.4 Å². The second-order valence-corrected chi connectivity index (χ2v) is 4.99. The van der Waals surface area contributed by atoms with Crippen LogP contribution in [0.3, 0.4) is 0 Å². The fourth-order valence-corrected chi connectivity index (χ4v) is 2.15. The molecule has 0 radical (unpaired) electrons. The van der Waals surface area contributed by atoms with Gasteiger partial charge in [-0.2, -0.15) is 4.68 Å². The Morgan fingerprint density at radius 2 is 2.08 bits per heavy atom. The predicted octanol–water partition coefficient (Wildman–Crippen LogP) is 1.32. The lowest BCUT2D eigenvalue weighted by Crippen LogP contribution is -2.21. The molecule has 13 heteroatoms. The zero-order valence-corrected chi connectivity index (χ0v) is 13.0. The summed E-state index contributed by atoms with van der Waals surface area (Å²) in [6.07, 6.45) is -3.45. The molecule has 132 valence electrons. The minimum absolute atomic E-state index is 0.0193. The maximum atomic E-state index is 12.6. The molecule has 1 N–H and O–H groups in total. The summed E-state index contributed by atoms with van der Waals surface area (Å²) in [5.74, 6) is -0.416. The number of alkyl halides is 3. The number of hydrogen-bond donors (Lipinski definition) is 2. The van der Waals surface area contributed by atoms with E-state index in [0.717, 1.165) is 14.8 Å². The Bertz CT molecular complexity index is 935. The second-order valence-electron chi connectivity index (χ2n) is 4.58. The van der Waals surface area contributed by atoms with Gasteiger partial charge in [-0.3, -0.25) is 0 Å². The van der Waals surface area contributed by atoms with Gasteiger partial charge in [-0.15, -0.1) is 18.3 Å². The number of rotatable bonds is 5. The van der Waals surface area contributed by atoms with Crippen molar-refractivity contribution in [3.05, 3.63) is 46.5 Å². The molecule has 25 heavy (non-hydrogen) atoms. The van der Waals surface area contributed by atoms with E-state index in [1.807, 2.05) is 0 Å². The van der Waals surface area contributed by atoms with Crippen LogP contribution in [-0.2, 0) is 6.61 Å². The highest BCUT2D eigenvalue weighted by atomic mass is 32.1. The van der Waals surface area contributed by atoms with Gasteiger partial charge in [-0.05, 0) is 35.4 Å². The summed E-state index contributed by atoms with van der Waals surface area (Å²) >= 11 is 3.93. The summed E-state index contributed by atoms with van der Waals surface area (Å²) in [6.45, 7) is -0.369. The summed E-state index contributed by atoms with van der Waals surface area (Å²) in [7, 11) is 0. The van der Waals surface area contributed by atoms with Crippen molar-refractivity contribution in [1.29, 1.82) is 0 Å². The van der Waals surface area contributed by atoms with E-state index in [-0.39, 0.29) is 23.7 Å². The Hall–Kier alpha value is -2.96. The number of hydrogen-bond acceptors (Lipinski definition) is 7. The van der Waals surface area contributed by atoms with Crippen LogP contribution in [0.2, 0.25) is 0 Å². The molecule has 0 aliphatic rings. The summed E-state index contributed by atoms with van der Waals surface area (Å²) in [4.78, 5) is 11.7. The van der Waals surface area contributed by atoms with Crippen molar-refractivity contribution in [3.63, 3.8) is 0 Å². The first-order valence-corrected chi connectivity index (χ1v) is 6.99. The number of H-pyrrole nitrogens is 1. The SMILES string of the molecule is O=c1[nH]nnn1-c1cccc(OC(F)(F)F)c1COc1ccn(S)n1. The predicted molar refractivity (Wildman–Crippen MR) is 79.6 cm³/mol. The smallest absolute Gasteiger partial charge is 0.471 e. The molecule has 9 nitrogen and oxygen atoms in total. The standard InChI is InChI=1S/C12H9F3N6O3S/c13-12(14,15)24-9-3-1-2-8(21-11(22)16-18-19-21)7(9)6-23-10-4-5-20(25)17-10/h1-5,25H,6H2,(H,16,19,22). The summed E-state index contributed by atoms with van der Waals surface area (Å²) in [5.41, 5.74) is -0.777. The van der Waals surface area contributed by atoms with Gasteiger partial charge in [-0.25, -0.2) is 14.0 Å². The van der Waals surface area contributed by atoms with Gasteiger partial charge in [0, 0.05) is 12.3 Å². The second kappa shape index (κ2) is 6.51. The lowest BCUT2D eigenvalue weighted by molar-refractivity contribution is -0.275. The Labute approximate surface area is 142 Å². The first-order chi connectivity index (χ1) is 11.8. The van der Waals surface area contributed by atoms with Crippen molar-refractivity contribution >= 4 is 12.8 Å². The van der Waals surface area contributed by atoms with Crippen LogP contribution in [0.25, 0.3) is 5.69 Å². The van der Waals surface area contributed by atoms with Crippen LogP contribution in [0.4, 0.5) is 13.2 Å². The maximum absolute atomic E-state index is 12.6. The van der Waals surface area contributed by atoms with Crippen LogP contribution < -0.4 is 15.2 Å². The molecule has 0 saturated heterocycles. The third-order valence-corrected chi connectivity index (χ3v) is 3.17. The normalized spacial score (nSPS) is 11.5. The first-order valence-electron chi connectivity index (χ1n) is 6.59. The third-order valence-electron chi connectivity index (χ3n) is 2.95. The third kappa shape index (κ3) is 3.93. The zero-order valence-electron chi connectivity index (χ0n) is 12.1. The molecule has 0 spiro atoms. The maximum Gasteiger partial charge on any atom is 0.573 e. The fraction of sp³-hybridized carbons (Fsp3) is 0.167. The molecule has 0 atom stereocenters. The molecule has 0 bridgehead atoms. The van der Waals surface area contributed by atoms with Gasteiger partial charge in [0.1, 0.15) is 12.4 Å². The molecule has 0 saturated carbocycles. The summed E-state index contributed by atoms with van der Waals surface area (Å²) in [6, 6.07) is 5.22. The van der Waals surface area contributed by atoms with E-state index >= 15 is 0 Å². The number of benzene rings is 1. The van der Waals surface area contributed by atoms with Crippen molar-refractivity contribution in [3.8, 4) is 17.3 Å². The summed E-state index contributed by atoms with van der Waals surface area (Å²) in [5, 5.41) is 12.7. The van der Waals surface area contributed by atoms with Crippen LogP contribution in [0.1, 0.15) is 5.56 Å². The highest BCUT2D eigenvalue weighted by Crippen LogP contribution is 2.30. The van der Waals surface area contributed by atoms with Crippen LogP contribution in [0.15, 0.2) is 35.3 Å². The Balaban J connectivity index is 2.01. The van der Waals surface area contributed by atoms with Crippen LogP contribution >= 0.6 is 12.8 Å². The fourth-order valence-electron chi connectivity index (χ4n) is 1.99. The molecule has 0 amide bonds. The van der Waals surface area contributed by atoms with E-state index in [0.29, 0.717) is 0 Å². The Morgan fingerprint density at radius 1 is 1.28 bits per heavy atom. The van der Waals surface area contributed by atoms with Gasteiger partial charge in [0.15, 0.2) is 0 Å². The summed E-state index contributed by atoms with van der Waals surface area (Å²) < 4.78 is 49.3. The highest BCUT2D eigenvalue weighted by Gasteiger charge is 2.33. The minimum atomic E-state index is -4.92. The number of halogens is 3. The zero-order chi connectivity index (χ0) is 18.0. The van der Waals surface area contributed by atoms with Crippen molar-refractivity contribution in [2.75, 3.05) is 0 Å². The number of nitrogens with one attached hydrogen (secondary N) is 1. The van der Waals surface area contributed by atoms with E-state index < -0.39 is 17.8 Å². The van der Waals surface area contributed by atoms with Gasteiger partial charge in [-0.1, -0.05) is 6.07 Å². The number of aromatic amines is 1. The van der Waals surface area contributed by atoms with Gasteiger partial charge in [0.05, 0.1) is 11.3 Å². The molecule has 0 fully saturated rings. The van der Waals surface area contributed by atoms with Crippen LogP contribution in [0.5, 0.6) is 11.6 Å². The largest absolute Gasteiger partial charge is 0.573 e. The quantitative estimate of drug-likeness (QED) is 0.654. The monoisotopic (exact) mass is 374 g/mol. The average Bonchev–Trinajstić information content (AvgIpc) is 3.12. The minimum Gasteiger partial charge on any atom is -0.471 e. The van der Waals surface area contributed by atoms with E-state index in [9.17, 15) is 18.0 Å². The van der Waals surface area contributed by atoms with Gasteiger partial charge < -0.3 is 9.47 Å². The Morgan fingerprint density at radius 3 is 2.68 bits per heavy atom. The number of nitrogens with zero attached hydrogens (tertiary/aromatic N) is 5. The molecule has 3 rings (SSSR count). The van der Waals surface area contributed by atoms with E-state index in [4.69, 9.17) is 4.74 Å². The van der Waals surface area contributed by atoms with E-state index in [1.165, 1.54) is 24.4 Å². The molecular formula is C12H9F3N6O3S. The molecular weight excluding hydrogens is 365 g/mol. The first kappa shape index (κ1) is 16.9. The number of aromatic nitrogens is 6. The van der Waals surface area contributed by atoms with E-state index in [2.05, 4.69) is 38.2 Å². The molecule has 0 aliphatic heterocycles. The lowest BCUT2D eigenvalue weighted by atomic mass is 10.1. The molecule has 1 aromatic carbocycles. The van der Waals surface area contributed by atoms with Gasteiger partial charge in [0.25, 0.3) is 0 Å². The van der Waals surface area contributed by atoms with Crippen LogP contribution in [0, 0.1) is 0 Å². The Kier molecular flexibility index (Phi) is 4.39. The van der Waals surface area contributed by atoms with Gasteiger partial charge >= 0.3 is 12.1 Å². The molecule has 2 heterocycles. The number of thiol groups is 1. The molecule has 0 aliphatic carbocycles. The van der Waals surface area contributed by atoms with Gasteiger partial charge in [0.2, 0.25) is 5.88 Å². The number of ether oxygens (including phenoxy) is 2. The highest BCUT2D eigenvalue weighted by molar-refractivity contribution is 7.78. The van der Waals surface area contributed by atoms with Crippen molar-refractivity contribution < 1.29 is 22.6 Å². The van der Waals surface area contributed by atoms with Crippen molar-refractivity contribution in [2.45, 2.75) is 13.0 Å². The molecule has 0 unspecified atom stereocenters. The van der Waals surface area contributed by atoms with E-state index in [1.54, 1.807) is 0 Å². The molecule has 3 aromatic rings. The van der Waals surface area contributed by atoms with Crippen LogP contribution in [-0.4, -0.2) is 35.8 Å². The van der Waals surface area contributed by atoms with Crippen molar-refractivity contribution in [2.24, 2.45) is 0 Å². The average molecular weight is 374 g/mol. The topological polar surface area (TPSA) is 99.9 Å². The molecule has 2 aromatic heterocycles. The lowest BCUT2D eigenvalue weighted by Gasteiger charge is -2.16. The number of tetrazole rings is 1.